The third kappa shape index (κ3) is 3.67. The molecule has 1 amide bonds. The minimum Gasteiger partial charge on any atom is -0.356 e. The first-order valence-electron chi connectivity index (χ1n) is 9.71. The highest BCUT2D eigenvalue weighted by Crippen LogP contribution is 2.33. The van der Waals surface area contributed by atoms with Crippen LogP contribution in [0.15, 0.2) is 53.4 Å². The van der Waals surface area contributed by atoms with Crippen molar-refractivity contribution in [3.05, 3.63) is 65.9 Å². The van der Waals surface area contributed by atoms with Crippen LogP contribution in [0, 0.1) is 6.92 Å². The van der Waals surface area contributed by atoms with Gasteiger partial charge in [-0.05, 0) is 32.3 Å². The van der Waals surface area contributed by atoms with E-state index in [0.717, 1.165) is 41.9 Å². The van der Waals surface area contributed by atoms with Crippen molar-refractivity contribution in [1.29, 1.82) is 0 Å². The summed E-state index contributed by atoms with van der Waals surface area (Å²) in [6.07, 6.45) is 5.28. The molecule has 2 aromatic heterocycles. The second kappa shape index (κ2) is 7.92. The van der Waals surface area contributed by atoms with Gasteiger partial charge >= 0.3 is 0 Å². The number of benzene rings is 1. The lowest BCUT2D eigenvalue weighted by Crippen LogP contribution is -2.41. The summed E-state index contributed by atoms with van der Waals surface area (Å²) in [5, 5.41) is 3.98. The predicted molar refractivity (Wildman–Crippen MR) is 106 cm³/mol. The van der Waals surface area contributed by atoms with E-state index in [1.807, 2.05) is 55.1 Å². The highest BCUT2D eigenvalue weighted by Gasteiger charge is 2.30. The van der Waals surface area contributed by atoms with E-state index in [9.17, 15) is 4.79 Å². The monoisotopic (exact) mass is 376 g/mol. The van der Waals surface area contributed by atoms with Crippen LogP contribution in [-0.2, 0) is 4.79 Å². The van der Waals surface area contributed by atoms with Crippen LogP contribution in [0.4, 0.5) is 0 Å². The van der Waals surface area contributed by atoms with Gasteiger partial charge in [0, 0.05) is 31.3 Å². The van der Waals surface area contributed by atoms with Gasteiger partial charge in [0.15, 0.2) is 5.76 Å². The van der Waals surface area contributed by atoms with Gasteiger partial charge in [0.25, 0.3) is 0 Å². The number of rotatable bonds is 4. The summed E-state index contributed by atoms with van der Waals surface area (Å²) >= 11 is 0. The molecule has 1 fully saturated rings. The Morgan fingerprint density at radius 3 is 2.86 bits per heavy atom. The van der Waals surface area contributed by atoms with E-state index in [-0.39, 0.29) is 17.7 Å². The van der Waals surface area contributed by atoms with Gasteiger partial charge < -0.3 is 9.42 Å². The predicted octanol–water partition coefficient (Wildman–Crippen LogP) is 3.95. The Morgan fingerprint density at radius 1 is 1.29 bits per heavy atom. The number of carbonyl (C=O) groups is 1. The number of piperidine rings is 1. The zero-order chi connectivity index (χ0) is 19.5. The van der Waals surface area contributed by atoms with E-state index in [1.165, 1.54) is 0 Å². The fourth-order valence-corrected chi connectivity index (χ4v) is 3.90. The van der Waals surface area contributed by atoms with Crippen molar-refractivity contribution in [3.63, 3.8) is 0 Å². The van der Waals surface area contributed by atoms with Gasteiger partial charge in [-0.2, -0.15) is 0 Å². The number of nitrogens with zero attached hydrogens (tertiary/aromatic N) is 4. The van der Waals surface area contributed by atoms with Crippen molar-refractivity contribution in [2.24, 2.45) is 0 Å². The van der Waals surface area contributed by atoms with Crippen LogP contribution < -0.4 is 0 Å². The third-order valence-electron chi connectivity index (χ3n) is 5.43. The summed E-state index contributed by atoms with van der Waals surface area (Å²) in [6.45, 7) is 5.32. The van der Waals surface area contributed by atoms with Gasteiger partial charge in [0.1, 0.15) is 6.33 Å². The molecule has 144 valence electrons. The summed E-state index contributed by atoms with van der Waals surface area (Å²) in [7, 11) is 0. The standard InChI is InChI=1S/C22H24N4O2/c1-15-11-20(28-25-15)19-12-23-14-24-21(19)18-9-6-10-26(13-18)22(27)16(2)17-7-4-3-5-8-17/h3-5,7-8,11-12,14,16,18H,6,9-10,13H2,1-2H3/t16-,18-/m1/s1. The van der Waals surface area contributed by atoms with Gasteiger partial charge in [0.05, 0.1) is 22.9 Å². The molecule has 1 aliphatic heterocycles. The number of aryl methyl sites for hydroxylation is 1. The van der Waals surface area contributed by atoms with Gasteiger partial charge in [-0.1, -0.05) is 35.5 Å². The zero-order valence-corrected chi connectivity index (χ0v) is 16.2. The molecule has 1 saturated heterocycles. The molecule has 6 heteroatoms. The average Bonchev–Trinajstić information content (AvgIpc) is 3.19. The molecule has 6 nitrogen and oxygen atoms in total. The van der Waals surface area contributed by atoms with Crippen molar-refractivity contribution in [1.82, 2.24) is 20.0 Å². The second-order valence-electron chi connectivity index (χ2n) is 7.41. The Bertz CT molecular complexity index is 954. The molecule has 0 saturated carbocycles. The third-order valence-corrected chi connectivity index (χ3v) is 5.43. The number of hydrogen-bond donors (Lipinski definition) is 0. The minimum atomic E-state index is -0.151. The zero-order valence-electron chi connectivity index (χ0n) is 16.2. The summed E-state index contributed by atoms with van der Waals surface area (Å²) in [5.41, 5.74) is 3.66. The summed E-state index contributed by atoms with van der Waals surface area (Å²) in [5.74, 6) is 0.849. The number of likely N-dealkylation sites (tertiary alicyclic amines) is 1. The van der Waals surface area contributed by atoms with Gasteiger partial charge in [-0.15, -0.1) is 0 Å². The molecule has 0 radical (unpaired) electrons. The Labute approximate surface area is 164 Å². The fraction of sp³-hybridized carbons (Fsp3) is 0.364. The Kier molecular flexibility index (Phi) is 5.19. The highest BCUT2D eigenvalue weighted by atomic mass is 16.5. The molecule has 3 heterocycles. The normalized spacial score (nSPS) is 18.1. The average molecular weight is 376 g/mol. The van der Waals surface area contributed by atoms with Crippen LogP contribution in [0.3, 0.4) is 0 Å². The van der Waals surface area contributed by atoms with Gasteiger partial charge in [-0.25, -0.2) is 9.97 Å². The highest BCUT2D eigenvalue weighted by molar-refractivity contribution is 5.83. The second-order valence-corrected chi connectivity index (χ2v) is 7.41. The number of carbonyl (C=O) groups excluding carboxylic acids is 1. The first-order valence-corrected chi connectivity index (χ1v) is 9.71. The molecule has 3 aromatic rings. The number of aromatic nitrogens is 3. The largest absolute Gasteiger partial charge is 0.356 e. The molecule has 0 aliphatic carbocycles. The molecule has 2 atom stereocenters. The first kappa shape index (κ1) is 18.3. The number of amides is 1. The molecule has 0 bridgehead atoms. The maximum atomic E-state index is 13.1. The van der Waals surface area contributed by atoms with Gasteiger partial charge in [0.2, 0.25) is 5.91 Å². The van der Waals surface area contributed by atoms with Crippen LogP contribution >= 0.6 is 0 Å². The molecule has 0 N–H and O–H groups in total. The van der Waals surface area contributed by atoms with Crippen LogP contribution in [0.1, 0.15) is 48.6 Å². The molecule has 4 rings (SSSR count). The SMILES string of the molecule is Cc1cc(-c2cncnc2[C@@H]2CCCN(C(=O)[C@H](C)c3ccccc3)C2)on1. The molecular formula is C22H24N4O2. The van der Waals surface area contributed by atoms with Crippen LogP contribution in [0.5, 0.6) is 0 Å². The van der Waals surface area contributed by atoms with E-state index < -0.39 is 0 Å². The first-order chi connectivity index (χ1) is 13.6. The Morgan fingerprint density at radius 2 is 2.11 bits per heavy atom. The van der Waals surface area contributed by atoms with Crippen molar-refractivity contribution in [2.45, 2.75) is 38.5 Å². The quantitative estimate of drug-likeness (QED) is 0.689. The van der Waals surface area contributed by atoms with Crippen molar-refractivity contribution >= 4 is 5.91 Å². The molecule has 28 heavy (non-hydrogen) atoms. The maximum absolute atomic E-state index is 13.1. The smallest absolute Gasteiger partial charge is 0.229 e. The van der Waals surface area contributed by atoms with E-state index in [4.69, 9.17) is 4.52 Å². The molecule has 1 aromatic carbocycles. The lowest BCUT2D eigenvalue weighted by Gasteiger charge is -2.34. The Balaban J connectivity index is 1.56. The maximum Gasteiger partial charge on any atom is 0.229 e. The molecule has 0 unspecified atom stereocenters. The van der Waals surface area contributed by atoms with Crippen molar-refractivity contribution in [2.75, 3.05) is 13.1 Å². The lowest BCUT2D eigenvalue weighted by molar-refractivity contribution is -0.133. The summed E-state index contributed by atoms with van der Waals surface area (Å²) < 4.78 is 5.44. The van der Waals surface area contributed by atoms with Crippen molar-refractivity contribution in [3.8, 4) is 11.3 Å². The lowest BCUT2D eigenvalue weighted by atomic mass is 9.90. The minimum absolute atomic E-state index is 0.151. The summed E-state index contributed by atoms with van der Waals surface area (Å²) in [4.78, 5) is 23.8. The van der Waals surface area contributed by atoms with Crippen LogP contribution in [-0.4, -0.2) is 39.0 Å². The fourth-order valence-electron chi connectivity index (χ4n) is 3.90. The van der Waals surface area contributed by atoms with E-state index in [1.54, 1.807) is 12.5 Å². The molecule has 1 aliphatic rings. The van der Waals surface area contributed by atoms with Crippen LogP contribution in [0.25, 0.3) is 11.3 Å². The van der Waals surface area contributed by atoms with E-state index >= 15 is 0 Å². The summed E-state index contributed by atoms with van der Waals surface area (Å²) in [6, 6.07) is 11.8. The molecular weight excluding hydrogens is 352 g/mol. The van der Waals surface area contributed by atoms with Crippen LogP contribution in [0.2, 0.25) is 0 Å². The van der Waals surface area contributed by atoms with Crippen molar-refractivity contribution < 1.29 is 9.32 Å². The van der Waals surface area contributed by atoms with E-state index in [0.29, 0.717) is 12.3 Å². The van der Waals surface area contributed by atoms with E-state index in [2.05, 4.69) is 15.1 Å². The topological polar surface area (TPSA) is 72.1 Å². The Hall–Kier alpha value is -3.02. The molecule has 0 spiro atoms. The van der Waals surface area contributed by atoms with Gasteiger partial charge in [-0.3, -0.25) is 4.79 Å². The number of hydrogen-bond acceptors (Lipinski definition) is 5.